The fraction of sp³-hybridized carbons (Fsp3) is 0.333. The van der Waals surface area contributed by atoms with Crippen molar-refractivity contribution in [1.29, 1.82) is 0 Å². The molecule has 0 aliphatic rings. The minimum atomic E-state index is 0.0125. The second-order valence-electron chi connectivity index (χ2n) is 6.37. The van der Waals surface area contributed by atoms with Gasteiger partial charge in [0.05, 0.1) is 25.6 Å². The molecule has 3 aromatic rings. The Hall–Kier alpha value is -2.86. The summed E-state index contributed by atoms with van der Waals surface area (Å²) in [6, 6.07) is 11.7. The summed E-state index contributed by atoms with van der Waals surface area (Å²) in [4.78, 5) is 18.7. The number of benzene rings is 1. The molecule has 1 amide bonds. The van der Waals surface area contributed by atoms with Crippen molar-refractivity contribution >= 4 is 5.91 Å². The van der Waals surface area contributed by atoms with Gasteiger partial charge >= 0.3 is 0 Å². The van der Waals surface area contributed by atoms with Crippen LogP contribution in [0.5, 0.6) is 0 Å². The first-order chi connectivity index (χ1) is 13.2. The maximum absolute atomic E-state index is 12.6. The number of ether oxygens (including phenoxy) is 1. The molecule has 0 aliphatic carbocycles. The van der Waals surface area contributed by atoms with E-state index >= 15 is 0 Å². The number of carbonyl (C=O) groups excluding carboxylic acids is 1. The molecule has 0 saturated heterocycles. The Kier molecular flexibility index (Phi) is 6.44. The Bertz CT molecular complexity index is 837. The van der Waals surface area contributed by atoms with Crippen LogP contribution in [0.3, 0.4) is 0 Å². The van der Waals surface area contributed by atoms with E-state index in [-0.39, 0.29) is 5.91 Å². The molecule has 6 nitrogen and oxygen atoms in total. The van der Waals surface area contributed by atoms with Gasteiger partial charge in [-0.15, -0.1) is 0 Å². The van der Waals surface area contributed by atoms with Crippen molar-refractivity contribution in [2.45, 2.75) is 26.3 Å². The van der Waals surface area contributed by atoms with Gasteiger partial charge in [0.2, 0.25) is 5.91 Å². The Morgan fingerprint density at radius 1 is 1.22 bits per heavy atom. The highest BCUT2D eigenvalue weighted by Gasteiger charge is 2.16. The second-order valence-corrected chi connectivity index (χ2v) is 6.37. The van der Waals surface area contributed by atoms with Gasteiger partial charge in [0, 0.05) is 32.1 Å². The Morgan fingerprint density at radius 2 is 2.04 bits per heavy atom. The third-order valence-electron chi connectivity index (χ3n) is 4.29. The number of aromatic nitrogens is 1. The van der Waals surface area contributed by atoms with Crippen LogP contribution in [-0.2, 0) is 22.5 Å². The van der Waals surface area contributed by atoms with Crippen LogP contribution in [0.2, 0.25) is 0 Å². The van der Waals surface area contributed by atoms with Gasteiger partial charge in [0.15, 0.2) is 11.7 Å². The minimum Gasteiger partial charge on any atom is -0.467 e. The molecule has 27 heavy (non-hydrogen) atoms. The van der Waals surface area contributed by atoms with E-state index < -0.39 is 0 Å². The number of carbonyl (C=O) groups is 1. The lowest BCUT2D eigenvalue weighted by Gasteiger charge is -2.21. The molecule has 142 valence electrons. The standard InChI is InChI=1S/C21H24N2O4/c1-16-5-7-17(8-6-16)19-14-22-20(27-19)9-10-21(24)23(11-13-25-2)15-18-4-3-12-26-18/h3-8,12,14H,9-11,13,15H2,1-2H3. The van der Waals surface area contributed by atoms with Crippen molar-refractivity contribution in [2.24, 2.45) is 0 Å². The summed E-state index contributed by atoms with van der Waals surface area (Å²) in [5.74, 6) is 2.03. The molecule has 6 heteroatoms. The van der Waals surface area contributed by atoms with Crippen LogP contribution in [-0.4, -0.2) is 36.1 Å². The fourth-order valence-electron chi connectivity index (χ4n) is 2.73. The Morgan fingerprint density at radius 3 is 2.74 bits per heavy atom. The SMILES string of the molecule is COCCN(Cc1ccco1)C(=O)CCc1ncc(-c2ccc(C)cc2)o1. The summed E-state index contributed by atoms with van der Waals surface area (Å²) in [6.07, 6.45) is 4.08. The topological polar surface area (TPSA) is 68.7 Å². The molecule has 0 aliphatic heterocycles. The molecule has 0 saturated carbocycles. The summed E-state index contributed by atoms with van der Waals surface area (Å²) in [6.45, 7) is 3.45. The molecule has 0 unspecified atom stereocenters. The zero-order chi connectivity index (χ0) is 19.1. The molecule has 2 heterocycles. The molecule has 0 radical (unpaired) electrons. The maximum atomic E-state index is 12.6. The summed E-state index contributed by atoms with van der Waals surface area (Å²) in [5, 5.41) is 0. The highest BCUT2D eigenvalue weighted by molar-refractivity contribution is 5.76. The number of hydrogen-bond donors (Lipinski definition) is 0. The van der Waals surface area contributed by atoms with Crippen molar-refractivity contribution in [3.8, 4) is 11.3 Å². The second kappa shape index (κ2) is 9.19. The lowest BCUT2D eigenvalue weighted by atomic mass is 10.1. The molecule has 3 rings (SSSR count). The average Bonchev–Trinajstić information content (AvgIpc) is 3.35. The number of hydrogen-bond acceptors (Lipinski definition) is 5. The smallest absolute Gasteiger partial charge is 0.223 e. The first-order valence-corrected chi connectivity index (χ1v) is 8.96. The minimum absolute atomic E-state index is 0.0125. The molecule has 0 N–H and O–H groups in total. The molecule has 1 aromatic carbocycles. The van der Waals surface area contributed by atoms with E-state index in [0.717, 1.165) is 11.3 Å². The van der Waals surface area contributed by atoms with Crippen molar-refractivity contribution in [3.63, 3.8) is 0 Å². The van der Waals surface area contributed by atoms with E-state index in [1.165, 1.54) is 5.56 Å². The van der Waals surface area contributed by atoms with E-state index in [9.17, 15) is 4.79 Å². The van der Waals surface area contributed by atoms with Gasteiger partial charge in [0.25, 0.3) is 0 Å². The molecular formula is C21H24N2O4. The fourth-order valence-corrected chi connectivity index (χ4v) is 2.73. The molecule has 0 spiro atoms. The molecule has 0 fully saturated rings. The van der Waals surface area contributed by atoms with Crippen LogP contribution in [0, 0.1) is 6.92 Å². The number of oxazole rings is 1. The highest BCUT2D eigenvalue weighted by atomic mass is 16.5. The van der Waals surface area contributed by atoms with Gasteiger partial charge in [-0.25, -0.2) is 4.98 Å². The van der Waals surface area contributed by atoms with Gasteiger partial charge in [-0.2, -0.15) is 0 Å². The monoisotopic (exact) mass is 368 g/mol. The lowest BCUT2D eigenvalue weighted by Crippen LogP contribution is -2.33. The Labute approximate surface area is 158 Å². The van der Waals surface area contributed by atoms with Gasteiger partial charge < -0.3 is 18.5 Å². The van der Waals surface area contributed by atoms with Gasteiger partial charge in [0.1, 0.15) is 5.76 Å². The van der Waals surface area contributed by atoms with E-state index in [1.807, 2.05) is 43.3 Å². The summed E-state index contributed by atoms with van der Waals surface area (Å²) < 4.78 is 16.3. The zero-order valence-corrected chi connectivity index (χ0v) is 15.7. The largest absolute Gasteiger partial charge is 0.467 e. The van der Waals surface area contributed by atoms with Crippen LogP contribution in [0.25, 0.3) is 11.3 Å². The number of methoxy groups -OCH3 is 1. The number of aryl methyl sites for hydroxylation is 2. The number of nitrogens with zero attached hydrogens (tertiary/aromatic N) is 2. The zero-order valence-electron chi connectivity index (χ0n) is 15.7. The van der Waals surface area contributed by atoms with Crippen LogP contribution in [0.15, 0.2) is 57.7 Å². The normalized spacial score (nSPS) is 10.9. The van der Waals surface area contributed by atoms with E-state index in [4.69, 9.17) is 13.6 Å². The maximum Gasteiger partial charge on any atom is 0.223 e. The number of amides is 1. The predicted molar refractivity (Wildman–Crippen MR) is 101 cm³/mol. The van der Waals surface area contributed by atoms with Crippen LogP contribution >= 0.6 is 0 Å². The predicted octanol–water partition coefficient (Wildman–Crippen LogP) is 3.85. The van der Waals surface area contributed by atoms with Gasteiger partial charge in [-0.3, -0.25) is 4.79 Å². The molecule has 0 atom stereocenters. The summed E-state index contributed by atoms with van der Waals surface area (Å²) in [5.41, 5.74) is 2.17. The lowest BCUT2D eigenvalue weighted by molar-refractivity contribution is -0.132. The van der Waals surface area contributed by atoms with Crippen LogP contribution in [0.4, 0.5) is 0 Å². The molecule has 2 aromatic heterocycles. The first kappa shape index (κ1) is 18.9. The van der Waals surface area contributed by atoms with Crippen LogP contribution < -0.4 is 0 Å². The summed E-state index contributed by atoms with van der Waals surface area (Å²) in [7, 11) is 1.62. The molecular weight excluding hydrogens is 344 g/mol. The third-order valence-corrected chi connectivity index (χ3v) is 4.29. The van der Waals surface area contributed by atoms with Crippen molar-refractivity contribution in [1.82, 2.24) is 9.88 Å². The molecule has 0 bridgehead atoms. The van der Waals surface area contributed by atoms with Crippen molar-refractivity contribution in [2.75, 3.05) is 20.3 Å². The van der Waals surface area contributed by atoms with Crippen molar-refractivity contribution in [3.05, 3.63) is 66.1 Å². The van der Waals surface area contributed by atoms with Crippen LogP contribution in [0.1, 0.15) is 23.6 Å². The average molecular weight is 368 g/mol. The van der Waals surface area contributed by atoms with Gasteiger partial charge in [-0.05, 0) is 19.1 Å². The summed E-state index contributed by atoms with van der Waals surface area (Å²) >= 11 is 0. The third kappa shape index (κ3) is 5.31. The van der Waals surface area contributed by atoms with E-state index in [2.05, 4.69) is 4.98 Å². The quantitative estimate of drug-likeness (QED) is 0.574. The van der Waals surface area contributed by atoms with Crippen molar-refractivity contribution < 1.29 is 18.4 Å². The number of furan rings is 1. The highest BCUT2D eigenvalue weighted by Crippen LogP contribution is 2.21. The van der Waals surface area contributed by atoms with Gasteiger partial charge in [-0.1, -0.05) is 29.8 Å². The van der Waals surface area contributed by atoms with E-state index in [0.29, 0.717) is 44.2 Å². The number of rotatable bonds is 9. The van der Waals surface area contributed by atoms with E-state index in [1.54, 1.807) is 24.5 Å². The first-order valence-electron chi connectivity index (χ1n) is 8.96. The Balaban J connectivity index is 1.58.